The zero-order valence-corrected chi connectivity index (χ0v) is 16.9. The van der Waals surface area contributed by atoms with Crippen LogP contribution in [0.15, 0.2) is 16.5 Å². The Balaban J connectivity index is 2.14. The molecule has 1 aliphatic heterocycles. The molecule has 0 aliphatic carbocycles. The summed E-state index contributed by atoms with van der Waals surface area (Å²) in [6.07, 6.45) is 3.66. The zero-order valence-electron chi connectivity index (χ0n) is 16.1. The van der Waals surface area contributed by atoms with Crippen molar-refractivity contribution in [3.05, 3.63) is 27.9 Å². The molecule has 1 unspecified atom stereocenters. The number of carbonyl (C=O) groups is 1. The van der Waals surface area contributed by atoms with Crippen LogP contribution in [0.25, 0.3) is 10.4 Å². The molecule has 1 atom stereocenters. The van der Waals surface area contributed by atoms with Crippen molar-refractivity contribution in [3.63, 3.8) is 0 Å². The van der Waals surface area contributed by atoms with Crippen molar-refractivity contribution >= 4 is 17.9 Å². The van der Waals surface area contributed by atoms with Gasteiger partial charge in [-0.05, 0) is 45.4 Å². The smallest absolute Gasteiger partial charge is 0.410 e. The Labute approximate surface area is 163 Å². The number of aliphatic hydroxyl groups excluding tert-OH is 1. The van der Waals surface area contributed by atoms with Gasteiger partial charge in [0, 0.05) is 35.7 Å². The number of hydrogen-bond donors (Lipinski definition) is 1. The van der Waals surface area contributed by atoms with Gasteiger partial charge in [0.2, 0.25) is 0 Å². The molecule has 1 amide bonds. The van der Waals surface area contributed by atoms with Crippen LogP contribution in [0.3, 0.4) is 0 Å². The molecule has 0 bridgehead atoms. The van der Waals surface area contributed by atoms with Gasteiger partial charge in [0.05, 0.1) is 18.3 Å². The van der Waals surface area contributed by atoms with E-state index >= 15 is 0 Å². The van der Waals surface area contributed by atoms with E-state index in [9.17, 15) is 9.90 Å². The number of carbonyl (C=O) groups excluding carboxylic acids is 1. The Hall–Kier alpha value is -2.03. The normalized spacial score (nSPS) is 16.6. The lowest BCUT2D eigenvalue weighted by atomic mass is 9.89. The first-order valence-electron chi connectivity index (χ1n) is 8.83. The van der Waals surface area contributed by atoms with Crippen LogP contribution in [0.4, 0.5) is 4.79 Å². The van der Waals surface area contributed by atoms with Gasteiger partial charge < -0.3 is 14.7 Å². The number of amides is 1. The highest BCUT2D eigenvalue weighted by molar-refractivity contribution is 7.98. The summed E-state index contributed by atoms with van der Waals surface area (Å²) in [5.74, 6) is 0.0910. The molecule has 1 N–H and O–H groups in total. The molecule has 0 saturated carbocycles. The van der Waals surface area contributed by atoms with Crippen molar-refractivity contribution < 1.29 is 14.6 Å². The van der Waals surface area contributed by atoms with Crippen LogP contribution in [0.5, 0.6) is 0 Å². The molecule has 2 heterocycles. The predicted molar refractivity (Wildman–Crippen MR) is 103 cm³/mol. The van der Waals surface area contributed by atoms with E-state index in [1.807, 2.05) is 27.0 Å². The standard InChI is InChI=1S/C17H26N6O3S/c1-17(2,3)26-16(25)23-7-5-11(6-8-23)14-12(13(24)10-20-22-18)9-19-15(21-14)27-4/h9,11,13,24H,5-8,10H2,1-4H3. The highest BCUT2D eigenvalue weighted by Gasteiger charge is 2.30. The number of piperidine rings is 1. The van der Waals surface area contributed by atoms with Crippen LogP contribution in [-0.4, -0.2) is 57.6 Å². The SMILES string of the molecule is CSc1ncc(C(O)CN=[N+]=[N-])c(C2CCN(C(=O)OC(C)(C)C)CC2)n1. The number of azide groups is 1. The lowest BCUT2D eigenvalue weighted by molar-refractivity contribution is 0.0203. The number of nitrogens with zero attached hydrogens (tertiary/aromatic N) is 6. The molecule has 9 nitrogen and oxygen atoms in total. The Morgan fingerprint density at radius 2 is 2.19 bits per heavy atom. The van der Waals surface area contributed by atoms with E-state index in [0.29, 0.717) is 36.7 Å². The maximum absolute atomic E-state index is 12.2. The molecule has 0 aromatic carbocycles. The Bertz CT molecular complexity index is 709. The third-order valence-electron chi connectivity index (χ3n) is 4.22. The van der Waals surface area contributed by atoms with Crippen molar-refractivity contribution in [1.29, 1.82) is 0 Å². The monoisotopic (exact) mass is 394 g/mol. The first-order chi connectivity index (χ1) is 12.7. The molecule has 2 rings (SSSR count). The molecule has 1 aromatic rings. The second-order valence-electron chi connectivity index (χ2n) is 7.37. The third-order valence-corrected chi connectivity index (χ3v) is 4.78. The summed E-state index contributed by atoms with van der Waals surface area (Å²) < 4.78 is 5.43. The van der Waals surface area contributed by atoms with Crippen LogP contribution in [0.1, 0.15) is 56.9 Å². The van der Waals surface area contributed by atoms with Crippen LogP contribution in [-0.2, 0) is 4.74 Å². The fourth-order valence-electron chi connectivity index (χ4n) is 2.94. The molecule has 0 radical (unpaired) electrons. The number of rotatable bonds is 5. The van der Waals surface area contributed by atoms with Crippen molar-refractivity contribution in [1.82, 2.24) is 14.9 Å². The summed E-state index contributed by atoms with van der Waals surface area (Å²) in [4.78, 5) is 25.5. The predicted octanol–water partition coefficient (Wildman–Crippen LogP) is 3.66. The summed E-state index contributed by atoms with van der Waals surface area (Å²) in [5, 5.41) is 14.4. The van der Waals surface area contributed by atoms with Gasteiger partial charge in [0.15, 0.2) is 5.16 Å². The van der Waals surface area contributed by atoms with Gasteiger partial charge in [-0.25, -0.2) is 14.8 Å². The van der Waals surface area contributed by atoms with Gasteiger partial charge in [0.25, 0.3) is 0 Å². The largest absolute Gasteiger partial charge is 0.444 e. The summed E-state index contributed by atoms with van der Waals surface area (Å²) in [6, 6.07) is 0. The van der Waals surface area contributed by atoms with E-state index in [-0.39, 0.29) is 18.6 Å². The van der Waals surface area contributed by atoms with Gasteiger partial charge in [-0.2, -0.15) is 0 Å². The van der Waals surface area contributed by atoms with E-state index < -0.39 is 11.7 Å². The maximum atomic E-state index is 12.2. The van der Waals surface area contributed by atoms with Gasteiger partial charge in [-0.15, -0.1) is 0 Å². The van der Waals surface area contributed by atoms with Crippen LogP contribution < -0.4 is 0 Å². The zero-order chi connectivity index (χ0) is 20.0. The number of likely N-dealkylation sites (tertiary alicyclic amines) is 1. The van der Waals surface area contributed by atoms with Crippen LogP contribution >= 0.6 is 11.8 Å². The lowest BCUT2D eigenvalue weighted by Crippen LogP contribution is -2.41. The number of ether oxygens (including phenoxy) is 1. The molecule has 1 aliphatic rings. The lowest BCUT2D eigenvalue weighted by Gasteiger charge is -2.34. The average Bonchev–Trinajstić information content (AvgIpc) is 2.64. The number of thioether (sulfide) groups is 1. The topological polar surface area (TPSA) is 124 Å². The Morgan fingerprint density at radius 3 is 2.74 bits per heavy atom. The highest BCUT2D eigenvalue weighted by atomic mass is 32.2. The van der Waals surface area contributed by atoms with Gasteiger partial charge in [-0.1, -0.05) is 16.9 Å². The van der Waals surface area contributed by atoms with Gasteiger partial charge in [-0.3, -0.25) is 0 Å². The Morgan fingerprint density at radius 1 is 1.52 bits per heavy atom. The molecule has 148 valence electrons. The fourth-order valence-corrected chi connectivity index (χ4v) is 3.29. The summed E-state index contributed by atoms with van der Waals surface area (Å²) in [7, 11) is 0. The molecular formula is C17H26N6O3S. The third kappa shape index (κ3) is 5.98. The summed E-state index contributed by atoms with van der Waals surface area (Å²) in [5.41, 5.74) is 9.31. The minimum Gasteiger partial charge on any atom is -0.444 e. The number of aliphatic hydroxyl groups is 1. The molecule has 27 heavy (non-hydrogen) atoms. The molecule has 10 heteroatoms. The average molecular weight is 395 g/mol. The van der Waals surface area contributed by atoms with Crippen molar-refractivity contribution in [3.8, 4) is 0 Å². The molecule has 0 spiro atoms. The highest BCUT2D eigenvalue weighted by Crippen LogP contribution is 2.33. The molecule has 1 saturated heterocycles. The van der Waals surface area contributed by atoms with Crippen LogP contribution in [0.2, 0.25) is 0 Å². The first kappa shape index (κ1) is 21.3. The van der Waals surface area contributed by atoms with Gasteiger partial charge in [0.1, 0.15) is 5.60 Å². The quantitative estimate of drug-likeness (QED) is 0.267. The minimum absolute atomic E-state index is 0.0672. The minimum atomic E-state index is -0.948. The maximum Gasteiger partial charge on any atom is 0.410 e. The van der Waals surface area contributed by atoms with Crippen molar-refractivity contribution in [2.75, 3.05) is 25.9 Å². The van der Waals surface area contributed by atoms with E-state index in [1.54, 1.807) is 11.1 Å². The fraction of sp³-hybridized carbons (Fsp3) is 0.706. The number of aromatic nitrogens is 2. The molecule has 1 aromatic heterocycles. The van der Waals surface area contributed by atoms with E-state index in [2.05, 4.69) is 20.0 Å². The summed E-state index contributed by atoms with van der Waals surface area (Å²) in [6.45, 7) is 6.59. The van der Waals surface area contributed by atoms with E-state index in [4.69, 9.17) is 10.3 Å². The van der Waals surface area contributed by atoms with Gasteiger partial charge >= 0.3 is 6.09 Å². The molecule has 1 fully saturated rings. The summed E-state index contributed by atoms with van der Waals surface area (Å²) >= 11 is 1.43. The Kier molecular flexibility index (Phi) is 7.29. The van der Waals surface area contributed by atoms with Crippen LogP contribution in [0, 0.1) is 0 Å². The van der Waals surface area contributed by atoms with Crippen molar-refractivity contribution in [2.24, 2.45) is 5.11 Å². The first-order valence-corrected chi connectivity index (χ1v) is 10.0. The van der Waals surface area contributed by atoms with E-state index in [1.165, 1.54) is 11.8 Å². The number of hydrogen-bond acceptors (Lipinski definition) is 7. The second kappa shape index (κ2) is 9.25. The van der Waals surface area contributed by atoms with E-state index in [0.717, 1.165) is 5.69 Å². The van der Waals surface area contributed by atoms with Crippen molar-refractivity contribution in [2.45, 2.75) is 56.4 Å². The second-order valence-corrected chi connectivity index (χ2v) is 8.14. The molecular weight excluding hydrogens is 368 g/mol.